The van der Waals surface area contributed by atoms with Crippen LogP contribution in [-0.4, -0.2) is 21.6 Å². The van der Waals surface area contributed by atoms with Crippen molar-refractivity contribution in [1.29, 1.82) is 0 Å². The van der Waals surface area contributed by atoms with Crippen LogP contribution in [-0.2, 0) is 10.0 Å². The van der Waals surface area contributed by atoms with Crippen LogP contribution in [0.4, 0.5) is 4.39 Å². The topological polar surface area (TPSA) is 55.4 Å². The molecule has 0 unspecified atom stereocenters. The molecule has 0 amide bonds. The fourth-order valence-corrected chi connectivity index (χ4v) is 3.22. The highest BCUT2D eigenvalue weighted by molar-refractivity contribution is 9.10. The number of halogens is 3. The summed E-state index contributed by atoms with van der Waals surface area (Å²) in [6.07, 6.45) is 0. The predicted octanol–water partition coefficient (Wildman–Crippen LogP) is 3.60. The molecule has 8 heteroatoms. The molecule has 0 spiro atoms. The van der Waals surface area contributed by atoms with E-state index >= 15 is 0 Å². The number of sulfonamides is 1. The van der Waals surface area contributed by atoms with Gasteiger partial charge in [0, 0.05) is 4.47 Å². The Morgan fingerprint density at radius 2 is 2.00 bits per heavy atom. The summed E-state index contributed by atoms with van der Waals surface area (Å²) in [5.74, 6) is 5.31. The molecule has 0 aliphatic carbocycles. The van der Waals surface area contributed by atoms with Crippen LogP contribution < -0.4 is 9.46 Å². The van der Waals surface area contributed by atoms with Gasteiger partial charge < -0.3 is 4.74 Å². The quantitative estimate of drug-likeness (QED) is 0.735. The van der Waals surface area contributed by atoms with E-state index in [1.165, 1.54) is 0 Å². The van der Waals surface area contributed by atoms with Gasteiger partial charge in [0.05, 0.1) is 16.5 Å². The molecule has 0 heterocycles. The smallest absolute Gasteiger partial charge is 0.241 e. The molecule has 0 saturated heterocycles. The number of rotatable bonds is 5. The van der Waals surface area contributed by atoms with E-state index in [9.17, 15) is 12.8 Å². The Labute approximate surface area is 153 Å². The van der Waals surface area contributed by atoms with Gasteiger partial charge in [-0.1, -0.05) is 45.4 Å². The molecule has 0 fully saturated rings. The van der Waals surface area contributed by atoms with Crippen molar-refractivity contribution in [2.45, 2.75) is 4.90 Å². The maximum atomic E-state index is 13.1. The van der Waals surface area contributed by atoms with Crippen LogP contribution in [0.5, 0.6) is 5.75 Å². The Morgan fingerprint density at radius 3 is 2.71 bits per heavy atom. The third kappa shape index (κ3) is 5.49. The summed E-state index contributed by atoms with van der Waals surface area (Å²) < 4.78 is 45.6. The number of benzene rings is 2. The van der Waals surface area contributed by atoms with Crippen LogP contribution in [0.1, 0.15) is 0 Å². The van der Waals surface area contributed by atoms with Crippen LogP contribution in [0.2, 0.25) is 5.02 Å². The molecule has 126 valence electrons. The standard InChI is InChI=1S/C16H12BrClFNO3S/c17-12-4-3-5-13(10-12)23-9-2-1-8-20-24(21,22)14-6-7-16(19)15(18)11-14/h3-7,10-11,20H,8-9H2. The summed E-state index contributed by atoms with van der Waals surface area (Å²) in [6.45, 7) is 0.0275. The fraction of sp³-hybridized carbons (Fsp3) is 0.125. The van der Waals surface area contributed by atoms with Crippen LogP contribution in [0.3, 0.4) is 0 Å². The summed E-state index contributed by atoms with van der Waals surface area (Å²) in [5, 5.41) is -0.258. The van der Waals surface area contributed by atoms with Gasteiger partial charge in [0.2, 0.25) is 10.0 Å². The van der Waals surface area contributed by atoms with Crippen molar-refractivity contribution < 1.29 is 17.5 Å². The highest BCUT2D eigenvalue weighted by Crippen LogP contribution is 2.19. The normalized spacial score (nSPS) is 10.8. The average molecular weight is 433 g/mol. The molecule has 0 radical (unpaired) electrons. The number of nitrogens with one attached hydrogen (secondary N) is 1. The zero-order valence-electron chi connectivity index (χ0n) is 12.2. The van der Waals surface area contributed by atoms with Crippen molar-refractivity contribution in [2.75, 3.05) is 13.2 Å². The molecule has 0 atom stereocenters. The van der Waals surface area contributed by atoms with Crippen LogP contribution in [0.25, 0.3) is 0 Å². The molecule has 0 saturated carbocycles. The highest BCUT2D eigenvalue weighted by Gasteiger charge is 2.14. The van der Waals surface area contributed by atoms with E-state index in [-0.39, 0.29) is 23.1 Å². The van der Waals surface area contributed by atoms with Crippen molar-refractivity contribution in [2.24, 2.45) is 0 Å². The predicted molar refractivity (Wildman–Crippen MR) is 94.0 cm³/mol. The van der Waals surface area contributed by atoms with Crippen molar-refractivity contribution in [1.82, 2.24) is 4.72 Å². The summed E-state index contributed by atoms with van der Waals surface area (Å²) in [7, 11) is -3.80. The molecule has 0 bridgehead atoms. The largest absolute Gasteiger partial charge is 0.481 e. The second kappa shape index (κ2) is 8.49. The van der Waals surface area contributed by atoms with E-state index in [1.807, 2.05) is 12.1 Å². The molecule has 2 aromatic carbocycles. The SMILES string of the molecule is O=S(=O)(NCC#CCOc1cccc(Br)c1)c1ccc(F)c(Cl)c1. The Bertz CT molecular complexity index is 894. The fourth-order valence-electron chi connectivity index (χ4n) is 1.65. The summed E-state index contributed by atoms with van der Waals surface area (Å²) in [6, 6.07) is 10.4. The van der Waals surface area contributed by atoms with Crippen molar-refractivity contribution >= 4 is 37.6 Å². The minimum Gasteiger partial charge on any atom is -0.481 e. The number of ether oxygens (including phenoxy) is 1. The molecule has 0 aliphatic rings. The van der Waals surface area contributed by atoms with Gasteiger partial charge in [0.25, 0.3) is 0 Å². The molecule has 0 aromatic heterocycles. The summed E-state index contributed by atoms with van der Waals surface area (Å²) in [5.41, 5.74) is 0. The first kappa shape index (κ1) is 18.7. The highest BCUT2D eigenvalue weighted by atomic mass is 79.9. The van der Waals surface area contributed by atoms with Crippen molar-refractivity contribution in [3.05, 3.63) is 57.8 Å². The number of hydrogen-bond donors (Lipinski definition) is 1. The molecule has 2 rings (SSSR count). The molecular formula is C16H12BrClFNO3S. The molecule has 24 heavy (non-hydrogen) atoms. The Hall–Kier alpha value is -1.59. The first-order valence-electron chi connectivity index (χ1n) is 6.67. The summed E-state index contributed by atoms with van der Waals surface area (Å²) in [4.78, 5) is -0.124. The van der Waals surface area contributed by atoms with E-state index < -0.39 is 15.8 Å². The van der Waals surface area contributed by atoms with Gasteiger partial charge in [-0.25, -0.2) is 12.8 Å². The third-order valence-electron chi connectivity index (χ3n) is 2.78. The van der Waals surface area contributed by atoms with Gasteiger partial charge in [-0.3, -0.25) is 0 Å². The van der Waals surface area contributed by atoms with E-state index in [0.717, 1.165) is 22.7 Å². The zero-order valence-corrected chi connectivity index (χ0v) is 15.4. The maximum absolute atomic E-state index is 13.1. The molecule has 1 N–H and O–H groups in total. The Balaban J connectivity index is 1.86. The Morgan fingerprint density at radius 1 is 1.21 bits per heavy atom. The minimum atomic E-state index is -3.80. The van der Waals surface area contributed by atoms with Crippen molar-refractivity contribution in [3.8, 4) is 17.6 Å². The maximum Gasteiger partial charge on any atom is 0.241 e. The molecule has 4 nitrogen and oxygen atoms in total. The zero-order chi connectivity index (χ0) is 17.6. The first-order valence-corrected chi connectivity index (χ1v) is 9.33. The minimum absolute atomic E-state index is 0.0980. The molecule has 0 aliphatic heterocycles. The van der Waals surface area contributed by atoms with Gasteiger partial charge in [-0.2, -0.15) is 4.72 Å². The van der Waals surface area contributed by atoms with E-state index in [2.05, 4.69) is 32.5 Å². The van der Waals surface area contributed by atoms with Gasteiger partial charge in [0.1, 0.15) is 18.2 Å². The average Bonchev–Trinajstić information content (AvgIpc) is 2.53. The lowest BCUT2D eigenvalue weighted by Crippen LogP contribution is -2.24. The second-order valence-electron chi connectivity index (χ2n) is 4.50. The van der Waals surface area contributed by atoms with E-state index in [1.54, 1.807) is 12.1 Å². The van der Waals surface area contributed by atoms with Crippen LogP contribution >= 0.6 is 27.5 Å². The van der Waals surface area contributed by atoms with E-state index in [4.69, 9.17) is 16.3 Å². The van der Waals surface area contributed by atoms with Gasteiger partial charge in [-0.05, 0) is 36.4 Å². The molecule has 2 aromatic rings. The van der Waals surface area contributed by atoms with E-state index in [0.29, 0.717) is 5.75 Å². The van der Waals surface area contributed by atoms with Gasteiger partial charge in [-0.15, -0.1) is 0 Å². The Kier molecular flexibility index (Phi) is 6.63. The lowest BCUT2D eigenvalue weighted by molar-refractivity contribution is 0.370. The van der Waals surface area contributed by atoms with Crippen LogP contribution in [0.15, 0.2) is 51.8 Å². The lowest BCUT2D eigenvalue weighted by atomic mass is 10.3. The third-order valence-corrected chi connectivity index (χ3v) is 4.97. The number of hydrogen-bond acceptors (Lipinski definition) is 3. The summed E-state index contributed by atoms with van der Waals surface area (Å²) >= 11 is 8.90. The first-order chi connectivity index (χ1) is 11.4. The van der Waals surface area contributed by atoms with Gasteiger partial charge in [0.15, 0.2) is 0 Å². The lowest BCUT2D eigenvalue weighted by Gasteiger charge is -2.04. The second-order valence-corrected chi connectivity index (χ2v) is 7.59. The monoisotopic (exact) mass is 431 g/mol. The molecular weight excluding hydrogens is 421 g/mol. The van der Waals surface area contributed by atoms with Crippen molar-refractivity contribution in [3.63, 3.8) is 0 Å². The van der Waals surface area contributed by atoms with Crippen LogP contribution in [0, 0.1) is 17.7 Å². The van der Waals surface area contributed by atoms with Gasteiger partial charge >= 0.3 is 0 Å².